The molecule has 1 amide bonds. The van der Waals surface area contributed by atoms with Crippen LogP contribution >= 0.6 is 11.6 Å². The molecule has 3 aromatic carbocycles. The van der Waals surface area contributed by atoms with Gasteiger partial charge >= 0.3 is 0 Å². The lowest BCUT2D eigenvalue weighted by molar-refractivity contribution is 0.0838. The van der Waals surface area contributed by atoms with Crippen molar-refractivity contribution in [3.05, 3.63) is 101 Å². The molecule has 0 saturated carbocycles. The molecule has 1 saturated heterocycles. The number of Topliss-reactive ketones (excluding diaryl/α,β-unsaturated/α-hetero) is 1. The molecule has 1 aliphatic rings. The normalized spacial score (nSPS) is 14.6. The molecule has 4 aromatic rings. The monoisotopic (exact) mass is 529 g/mol. The van der Waals surface area contributed by atoms with Gasteiger partial charge in [0.25, 0.3) is 5.91 Å². The number of likely N-dealkylation sites (tertiary alicyclic amines) is 1. The van der Waals surface area contributed by atoms with Gasteiger partial charge in [-0.05, 0) is 62.7 Å². The molecule has 2 heterocycles. The molecule has 2 N–H and O–H groups in total. The van der Waals surface area contributed by atoms with Crippen molar-refractivity contribution in [3.8, 4) is 5.75 Å². The lowest BCUT2D eigenvalue weighted by Crippen LogP contribution is -2.37. The molecule has 6 nitrogen and oxygen atoms in total. The van der Waals surface area contributed by atoms with E-state index in [0.29, 0.717) is 29.2 Å². The van der Waals surface area contributed by atoms with Crippen LogP contribution in [0.5, 0.6) is 5.75 Å². The highest BCUT2D eigenvalue weighted by Gasteiger charge is 2.25. The summed E-state index contributed by atoms with van der Waals surface area (Å²) < 4.78 is 1.98. The van der Waals surface area contributed by atoms with Crippen molar-refractivity contribution >= 4 is 34.2 Å². The molecule has 1 aliphatic heterocycles. The number of piperidine rings is 1. The van der Waals surface area contributed by atoms with E-state index in [1.54, 1.807) is 18.2 Å². The van der Waals surface area contributed by atoms with Crippen LogP contribution in [0.3, 0.4) is 0 Å². The van der Waals surface area contributed by atoms with Gasteiger partial charge in [0.15, 0.2) is 5.78 Å². The molecule has 1 aromatic heterocycles. The molecule has 7 heteroatoms. The zero-order chi connectivity index (χ0) is 26.5. The van der Waals surface area contributed by atoms with Crippen LogP contribution in [0.15, 0.2) is 79.0 Å². The molecule has 0 bridgehead atoms. The van der Waals surface area contributed by atoms with Crippen LogP contribution in [-0.4, -0.2) is 45.9 Å². The van der Waals surface area contributed by atoms with Crippen molar-refractivity contribution in [2.75, 3.05) is 19.6 Å². The number of carbonyl (C=O) groups excluding carboxylic acids is 2. The lowest BCUT2D eigenvalue weighted by Gasteiger charge is -2.31. The third-order valence-electron chi connectivity index (χ3n) is 7.35. The van der Waals surface area contributed by atoms with Crippen LogP contribution in [0.2, 0.25) is 5.02 Å². The summed E-state index contributed by atoms with van der Waals surface area (Å²) in [7, 11) is 0. The van der Waals surface area contributed by atoms with Crippen molar-refractivity contribution in [3.63, 3.8) is 0 Å². The zero-order valence-electron chi connectivity index (χ0n) is 21.3. The summed E-state index contributed by atoms with van der Waals surface area (Å²) in [6, 6.07) is 22.3. The predicted octanol–water partition coefficient (Wildman–Crippen LogP) is 5.92. The highest BCUT2D eigenvalue weighted by atomic mass is 35.5. The van der Waals surface area contributed by atoms with E-state index in [1.165, 1.54) is 0 Å². The Labute approximate surface area is 227 Å². The van der Waals surface area contributed by atoms with Crippen LogP contribution in [0.1, 0.15) is 45.5 Å². The van der Waals surface area contributed by atoms with Gasteiger partial charge in [-0.1, -0.05) is 66.2 Å². The topological polar surface area (TPSA) is 74.6 Å². The Hall–Kier alpha value is -3.61. The maximum atomic E-state index is 13.1. The molecule has 0 aliphatic carbocycles. The van der Waals surface area contributed by atoms with Crippen LogP contribution in [0.25, 0.3) is 10.9 Å². The van der Waals surface area contributed by atoms with E-state index in [2.05, 4.69) is 10.2 Å². The first-order valence-corrected chi connectivity index (χ1v) is 13.5. The van der Waals surface area contributed by atoms with Gasteiger partial charge in [-0.3, -0.25) is 9.59 Å². The largest absolute Gasteiger partial charge is 0.506 e. The molecule has 1 fully saturated rings. The Morgan fingerprint density at radius 1 is 0.947 bits per heavy atom. The van der Waals surface area contributed by atoms with E-state index >= 15 is 0 Å². The Bertz CT molecular complexity index is 1430. The molecule has 0 spiro atoms. The zero-order valence-corrected chi connectivity index (χ0v) is 22.0. The fourth-order valence-electron chi connectivity index (χ4n) is 5.34. The van der Waals surface area contributed by atoms with Crippen molar-refractivity contribution in [1.29, 1.82) is 0 Å². The maximum Gasteiger partial charge on any atom is 0.253 e. The molecule has 196 valence electrons. The van der Waals surface area contributed by atoms with E-state index in [-0.39, 0.29) is 23.4 Å². The maximum absolute atomic E-state index is 13.1. The molecular weight excluding hydrogens is 498 g/mol. The minimum atomic E-state index is -0.190. The van der Waals surface area contributed by atoms with Crippen LogP contribution in [0.4, 0.5) is 0 Å². The third-order valence-corrected chi connectivity index (χ3v) is 7.59. The second-order valence-corrected chi connectivity index (χ2v) is 10.4. The average Bonchev–Trinajstić information content (AvgIpc) is 3.32. The smallest absolute Gasteiger partial charge is 0.253 e. The molecule has 38 heavy (non-hydrogen) atoms. The van der Waals surface area contributed by atoms with Gasteiger partial charge in [-0.25, -0.2) is 0 Å². The van der Waals surface area contributed by atoms with Crippen molar-refractivity contribution in [2.24, 2.45) is 5.92 Å². The number of aromatic nitrogens is 1. The molecule has 0 unspecified atom stereocenters. The summed E-state index contributed by atoms with van der Waals surface area (Å²) in [5, 5.41) is 14.9. The number of amides is 1. The number of hydrogen-bond donors (Lipinski definition) is 2. The van der Waals surface area contributed by atoms with E-state index in [1.807, 2.05) is 65.4 Å². The van der Waals surface area contributed by atoms with E-state index in [4.69, 9.17) is 11.6 Å². The summed E-state index contributed by atoms with van der Waals surface area (Å²) in [5.74, 6) is 0.314. The predicted molar refractivity (Wildman–Crippen MR) is 151 cm³/mol. The molecule has 0 radical (unpaired) electrons. The van der Waals surface area contributed by atoms with Gasteiger partial charge in [-0.2, -0.15) is 0 Å². The Morgan fingerprint density at radius 2 is 1.71 bits per heavy atom. The van der Waals surface area contributed by atoms with E-state index in [0.717, 1.165) is 55.4 Å². The molecule has 5 rings (SSSR count). The second kappa shape index (κ2) is 11.8. The fraction of sp³-hybridized carbons (Fsp3) is 0.290. The quantitative estimate of drug-likeness (QED) is 0.264. The number of ketones is 1. The number of benzene rings is 3. The van der Waals surface area contributed by atoms with Gasteiger partial charge in [0, 0.05) is 41.2 Å². The van der Waals surface area contributed by atoms with Gasteiger partial charge in [-0.15, -0.1) is 0 Å². The number of para-hydroxylation sites is 1. The highest BCUT2D eigenvalue weighted by Crippen LogP contribution is 2.30. The van der Waals surface area contributed by atoms with Crippen molar-refractivity contribution in [1.82, 2.24) is 14.8 Å². The number of nitrogens with zero attached hydrogens (tertiary/aromatic N) is 2. The number of aromatic hydroxyl groups is 1. The van der Waals surface area contributed by atoms with Gasteiger partial charge in [0.1, 0.15) is 5.75 Å². The first kappa shape index (κ1) is 26.0. The number of fused-ring (bicyclic) bond motifs is 1. The summed E-state index contributed by atoms with van der Waals surface area (Å²) in [5.41, 5.74) is 2.94. The number of aryl methyl sites for hydroxylation is 1. The van der Waals surface area contributed by atoms with Gasteiger partial charge < -0.3 is 19.9 Å². The first-order valence-electron chi connectivity index (χ1n) is 13.1. The summed E-state index contributed by atoms with van der Waals surface area (Å²) in [4.78, 5) is 28.3. The van der Waals surface area contributed by atoms with Crippen LogP contribution < -0.4 is 5.32 Å². The van der Waals surface area contributed by atoms with Crippen LogP contribution in [0, 0.1) is 5.92 Å². The SMILES string of the molecule is O=C(NCc1cccc(Cl)c1)c1cn(CCCN2CCC(C(=O)c3ccccc3)CC2)c2c(O)cccc12. The van der Waals surface area contributed by atoms with Crippen molar-refractivity contribution in [2.45, 2.75) is 32.4 Å². The van der Waals surface area contributed by atoms with Gasteiger partial charge in [0.2, 0.25) is 0 Å². The number of phenols is 1. The number of rotatable bonds is 9. The Morgan fingerprint density at radius 3 is 2.47 bits per heavy atom. The lowest BCUT2D eigenvalue weighted by atomic mass is 9.89. The first-order chi connectivity index (χ1) is 18.5. The number of halogens is 1. The number of hydrogen-bond acceptors (Lipinski definition) is 4. The summed E-state index contributed by atoms with van der Waals surface area (Å²) in [6.45, 7) is 3.75. The minimum Gasteiger partial charge on any atom is -0.506 e. The number of nitrogens with one attached hydrogen (secondary N) is 1. The summed E-state index contributed by atoms with van der Waals surface area (Å²) >= 11 is 6.06. The van der Waals surface area contributed by atoms with E-state index in [9.17, 15) is 14.7 Å². The number of carbonyl (C=O) groups is 2. The Balaban J connectivity index is 1.19. The van der Waals surface area contributed by atoms with Gasteiger partial charge in [0.05, 0.1) is 11.1 Å². The van der Waals surface area contributed by atoms with Crippen LogP contribution in [-0.2, 0) is 13.1 Å². The van der Waals surface area contributed by atoms with E-state index < -0.39 is 0 Å². The average molecular weight is 530 g/mol. The molecule has 0 atom stereocenters. The summed E-state index contributed by atoms with van der Waals surface area (Å²) in [6.07, 6.45) is 4.46. The minimum absolute atomic E-state index is 0.0898. The fourth-order valence-corrected chi connectivity index (χ4v) is 5.56. The highest BCUT2D eigenvalue weighted by molar-refractivity contribution is 6.30. The number of phenolic OH excluding ortho intramolecular Hbond substituents is 1. The standard InChI is InChI=1S/C31H32ClN3O3/c32-25-10-4-7-22(19-25)20-33-31(38)27-21-35(29-26(27)11-5-12-28(29)36)16-6-15-34-17-13-24(14-18-34)30(37)23-8-2-1-3-9-23/h1-5,7-12,19,21,24,36H,6,13-18,20H2,(H,33,38). The van der Waals surface area contributed by atoms with Crippen molar-refractivity contribution < 1.29 is 14.7 Å². The molecular formula is C31H32ClN3O3. The Kier molecular flexibility index (Phi) is 8.11. The second-order valence-electron chi connectivity index (χ2n) is 9.92. The third kappa shape index (κ3) is 5.93.